The highest BCUT2D eigenvalue weighted by Gasteiger charge is 2.32. The van der Waals surface area contributed by atoms with Crippen LogP contribution in [0.5, 0.6) is 5.75 Å². The highest BCUT2D eigenvalue weighted by molar-refractivity contribution is 5.97. The predicted octanol–water partition coefficient (Wildman–Crippen LogP) is 3.04. The molecule has 29 heavy (non-hydrogen) atoms. The molecule has 2 aliphatic heterocycles. The van der Waals surface area contributed by atoms with Crippen LogP contribution in [0.2, 0.25) is 0 Å². The van der Waals surface area contributed by atoms with Gasteiger partial charge in [0.25, 0.3) is 0 Å². The van der Waals surface area contributed by atoms with Crippen molar-refractivity contribution in [1.29, 1.82) is 0 Å². The lowest BCUT2D eigenvalue weighted by Gasteiger charge is -2.34. The fraction of sp³-hybridized carbons (Fsp3) is 0.458. The number of likely N-dealkylation sites (tertiary alicyclic amines) is 1. The molecule has 0 spiro atoms. The van der Waals surface area contributed by atoms with Crippen LogP contribution in [0.1, 0.15) is 24.0 Å². The zero-order chi connectivity index (χ0) is 20.2. The summed E-state index contributed by atoms with van der Waals surface area (Å²) in [6, 6.07) is 16.1. The van der Waals surface area contributed by atoms with Crippen LogP contribution in [-0.4, -0.2) is 54.8 Å². The van der Waals surface area contributed by atoms with Crippen LogP contribution >= 0.6 is 0 Å². The van der Waals surface area contributed by atoms with E-state index in [1.54, 1.807) is 0 Å². The molecule has 5 heteroatoms. The third-order valence-corrected chi connectivity index (χ3v) is 5.99. The van der Waals surface area contributed by atoms with E-state index in [1.807, 2.05) is 48.2 Å². The molecular weight excluding hydrogens is 364 g/mol. The van der Waals surface area contributed by atoms with E-state index in [9.17, 15) is 9.90 Å². The highest BCUT2D eigenvalue weighted by Crippen LogP contribution is 2.31. The summed E-state index contributed by atoms with van der Waals surface area (Å²) >= 11 is 0. The minimum atomic E-state index is -0.534. The molecule has 4 rings (SSSR count). The Morgan fingerprint density at radius 2 is 1.93 bits per heavy atom. The van der Waals surface area contributed by atoms with Gasteiger partial charge in [-0.1, -0.05) is 30.3 Å². The molecule has 154 valence electrons. The van der Waals surface area contributed by atoms with Crippen LogP contribution in [0.3, 0.4) is 0 Å². The number of nitrogens with zero attached hydrogens (tertiary/aromatic N) is 2. The Hall–Kier alpha value is -2.37. The van der Waals surface area contributed by atoms with Crippen molar-refractivity contribution in [3.63, 3.8) is 0 Å². The number of rotatable bonds is 6. The SMILES string of the molecule is Cc1cccc(OC[C@@H](O)CN2CCC(C(=O)N3CCc4ccccc43)CC2)c1. The standard InChI is InChI=1S/C24H30N2O3/c1-18-5-4-7-22(15-18)29-17-21(27)16-25-12-9-20(10-13-25)24(28)26-14-11-19-6-2-3-8-23(19)26/h2-8,15,20-21,27H,9-14,16-17H2,1H3/t21-/m0/s1. The zero-order valence-corrected chi connectivity index (χ0v) is 17.1. The van der Waals surface area contributed by atoms with E-state index in [-0.39, 0.29) is 18.4 Å². The Kier molecular flexibility index (Phi) is 6.16. The second-order valence-electron chi connectivity index (χ2n) is 8.22. The van der Waals surface area contributed by atoms with Crippen LogP contribution in [0.15, 0.2) is 48.5 Å². The molecule has 1 atom stereocenters. The number of hydrogen-bond donors (Lipinski definition) is 1. The van der Waals surface area contributed by atoms with E-state index in [4.69, 9.17) is 4.74 Å². The molecule has 0 aromatic heterocycles. The summed E-state index contributed by atoms with van der Waals surface area (Å²) in [5.74, 6) is 1.13. The summed E-state index contributed by atoms with van der Waals surface area (Å²) in [6.07, 6.45) is 2.12. The van der Waals surface area contributed by atoms with Gasteiger partial charge in [0.1, 0.15) is 18.5 Å². The smallest absolute Gasteiger partial charge is 0.230 e. The summed E-state index contributed by atoms with van der Waals surface area (Å²) in [5.41, 5.74) is 3.50. The maximum Gasteiger partial charge on any atom is 0.230 e. The van der Waals surface area contributed by atoms with Crippen LogP contribution in [0.25, 0.3) is 0 Å². The van der Waals surface area contributed by atoms with Crippen molar-refractivity contribution in [3.8, 4) is 5.75 Å². The van der Waals surface area contributed by atoms with E-state index < -0.39 is 6.10 Å². The first-order valence-corrected chi connectivity index (χ1v) is 10.6. The average Bonchev–Trinajstić information content (AvgIpc) is 3.17. The minimum absolute atomic E-state index is 0.0816. The largest absolute Gasteiger partial charge is 0.491 e. The van der Waals surface area contributed by atoms with E-state index in [2.05, 4.69) is 17.0 Å². The van der Waals surface area contributed by atoms with Gasteiger partial charge in [0.05, 0.1) is 0 Å². The number of aryl methyl sites for hydroxylation is 1. The topological polar surface area (TPSA) is 53.0 Å². The third kappa shape index (κ3) is 4.80. The number of anilines is 1. The van der Waals surface area contributed by atoms with Crippen molar-refractivity contribution in [1.82, 2.24) is 4.90 Å². The van der Waals surface area contributed by atoms with Crippen LogP contribution in [0.4, 0.5) is 5.69 Å². The quantitative estimate of drug-likeness (QED) is 0.818. The number of benzene rings is 2. The molecule has 0 unspecified atom stereocenters. The molecule has 0 bridgehead atoms. The van der Waals surface area contributed by atoms with Gasteiger partial charge in [-0.05, 0) is 68.6 Å². The van der Waals surface area contributed by atoms with Gasteiger partial charge in [0, 0.05) is 24.7 Å². The molecule has 5 nitrogen and oxygen atoms in total. The van der Waals surface area contributed by atoms with Crippen molar-refractivity contribution in [2.45, 2.75) is 32.3 Å². The normalized spacial score (nSPS) is 18.5. The number of hydrogen-bond acceptors (Lipinski definition) is 4. The van der Waals surface area contributed by atoms with Crippen molar-refractivity contribution in [2.75, 3.05) is 37.7 Å². The number of fused-ring (bicyclic) bond motifs is 1. The predicted molar refractivity (Wildman–Crippen MR) is 114 cm³/mol. The Morgan fingerprint density at radius 3 is 2.72 bits per heavy atom. The second kappa shape index (κ2) is 8.97. The molecule has 0 radical (unpaired) electrons. The minimum Gasteiger partial charge on any atom is -0.491 e. The third-order valence-electron chi connectivity index (χ3n) is 5.99. The van der Waals surface area contributed by atoms with Crippen LogP contribution < -0.4 is 9.64 Å². The summed E-state index contributed by atoms with van der Waals surface area (Å²) in [5, 5.41) is 10.3. The molecule has 1 saturated heterocycles. The summed E-state index contributed by atoms with van der Waals surface area (Å²) in [7, 11) is 0. The number of β-amino-alcohol motifs (C(OH)–C–C–N with tert-alkyl or cyclic N) is 1. The zero-order valence-electron chi connectivity index (χ0n) is 17.1. The lowest BCUT2D eigenvalue weighted by Crippen LogP contribution is -2.45. The van der Waals surface area contributed by atoms with Gasteiger partial charge in [-0.25, -0.2) is 0 Å². The van der Waals surface area contributed by atoms with Crippen LogP contribution in [0, 0.1) is 12.8 Å². The molecule has 0 aliphatic carbocycles. The van der Waals surface area contributed by atoms with Crippen molar-refractivity contribution in [2.24, 2.45) is 5.92 Å². The molecule has 2 aliphatic rings. The molecule has 2 heterocycles. The molecule has 2 aromatic carbocycles. The molecule has 1 N–H and O–H groups in total. The number of carbonyl (C=O) groups is 1. The second-order valence-corrected chi connectivity index (χ2v) is 8.22. The number of piperidine rings is 1. The maximum absolute atomic E-state index is 13.0. The fourth-order valence-electron chi connectivity index (χ4n) is 4.40. The van der Waals surface area contributed by atoms with Gasteiger partial charge < -0.3 is 19.6 Å². The van der Waals surface area contributed by atoms with Gasteiger partial charge in [-0.2, -0.15) is 0 Å². The lowest BCUT2D eigenvalue weighted by atomic mass is 9.95. The maximum atomic E-state index is 13.0. The molecular formula is C24H30N2O3. The monoisotopic (exact) mass is 394 g/mol. The van der Waals surface area contributed by atoms with Crippen molar-refractivity contribution < 1.29 is 14.6 Å². The number of aliphatic hydroxyl groups excluding tert-OH is 1. The number of aliphatic hydroxyl groups is 1. The Balaban J connectivity index is 1.23. The number of ether oxygens (including phenoxy) is 1. The van der Waals surface area contributed by atoms with Gasteiger partial charge in [0.2, 0.25) is 5.91 Å². The van der Waals surface area contributed by atoms with Gasteiger partial charge in [-0.3, -0.25) is 4.79 Å². The van der Waals surface area contributed by atoms with Gasteiger partial charge in [-0.15, -0.1) is 0 Å². The summed E-state index contributed by atoms with van der Waals surface area (Å²) < 4.78 is 5.71. The molecule has 1 fully saturated rings. The molecule has 0 saturated carbocycles. The lowest BCUT2D eigenvalue weighted by molar-refractivity contribution is -0.123. The Labute approximate surface area is 172 Å². The van der Waals surface area contributed by atoms with E-state index in [0.29, 0.717) is 6.54 Å². The first-order chi connectivity index (χ1) is 14.1. The van der Waals surface area contributed by atoms with E-state index in [0.717, 1.165) is 55.9 Å². The summed E-state index contributed by atoms with van der Waals surface area (Å²) in [4.78, 5) is 17.2. The first-order valence-electron chi connectivity index (χ1n) is 10.6. The number of amides is 1. The number of carbonyl (C=O) groups excluding carboxylic acids is 1. The van der Waals surface area contributed by atoms with E-state index in [1.165, 1.54) is 5.56 Å². The number of para-hydroxylation sites is 1. The molecule has 2 aromatic rings. The van der Waals surface area contributed by atoms with Crippen molar-refractivity contribution in [3.05, 3.63) is 59.7 Å². The van der Waals surface area contributed by atoms with Gasteiger partial charge in [0.15, 0.2) is 0 Å². The average molecular weight is 395 g/mol. The Bertz CT molecular complexity index is 846. The molecule has 1 amide bonds. The Morgan fingerprint density at radius 1 is 1.14 bits per heavy atom. The fourth-order valence-corrected chi connectivity index (χ4v) is 4.40. The van der Waals surface area contributed by atoms with Crippen molar-refractivity contribution >= 4 is 11.6 Å². The van der Waals surface area contributed by atoms with E-state index >= 15 is 0 Å². The van der Waals surface area contributed by atoms with Crippen LogP contribution in [-0.2, 0) is 11.2 Å². The first kappa shape index (κ1) is 19.9. The highest BCUT2D eigenvalue weighted by atomic mass is 16.5. The summed E-state index contributed by atoms with van der Waals surface area (Å²) in [6.45, 7) is 5.37. The van der Waals surface area contributed by atoms with Gasteiger partial charge >= 0.3 is 0 Å².